The van der Waals surface area contributed by atoms with Gasteiger partial charge in [0.1, 0.15) is 24.1 Å². The van der Waals surface area contributed by atoms with Gasteiger partial charge in [0.05, 0.1) is 5.54 Å². The number of ether oxygens (including phenoxy) is 8. The largest absolute Gasteiger partial charge is 0.509 e. The number of hydrogen-bond donors (Lipinski definition) is 1. The lowest BCUT2D eigenvalue weighted by Crippen LogP contribution is -2.53. The lowest BCUT2D eigenvalue weighted by molar-refractivity contribution is -0.156. The highest BCUT2D eigenvalue weighted by Gasteiger charge is 2.66. The molecule has 2 aromatic rings. The van der Waals surface area contributed by atoms with Crippen molar-refractivity contribution in [1.29, 1.82) is 0 Å². The van der Waals surface area contributed by atoms with Crippen molar-refractivity contribution < 1.29 is 47.8 Å². The van der Waals surface area contributed by atoms with Crippen molar-refractivity contribution in [3.05, 3.63) is 57.9 Å². The van der Waals surface area contributed by atoms with E-state index in [9.17, 15) is 9.90 Å². The highest BCUT2D eigenvalue weighted by atomic mass is 16.8. The van der Waals surface area contributed by atoms with Gasteiger partial charge in [0.25, 0.3) is 0 Å². The molecule has 0 amide bonds. The third-order valence-corrected chi connectivity index (χ3v) is 12.4. The van der Waals surface area contributed by atoms with Gasteiger partial charge in [-0.1, -0.05) is 12.8 Å². The zero-order valence-corrected chi connectivity index (χ0v) is 30.4. The van der Waals surface area contributed by atoms with E-state index in [-0.39, 0.29) is 37.1 Å². The monoisotopic (exact) mass is 713 g/mol. The minimum Gasteiger partial charge on any atom is -0.509 e. The number of benzene rings is 2. The summed E-state index contributed by atoms with van der Waals surface area (Å²) < 4.78 is 46.9. The highest BCUT2D eigenvalue weighted by molar-refractivity contribution is 6.27. The van der Waals surface area contributed by atoms with Crippen molar-refractivity contribution in [2.75, 3.05) is 26.7 Å². The van der Waals surface area contributed by atoms with Gasteiger partial charge in [-0.2, -0.15) is 0 Å². The van der Waals surface area contributed by atoms with Crippen molar-refractivity contribution in [2.45, 2.75) is 127 Å². The number of hydrogen-bond acceptors (Lipinski definition) is 11. The van der Waals surface area contributed by atoms with Gasteiger partial charge in [0.2, 0.25) is 13.6 Å². The fraction of sp³-hybridized carbons (Fsp3) is 0.585. The lowest BCUT2D eigenvalue weighted by atomic mass is 9.81. The minimum absolute atomic E-state index is 0.0521. The zero-order chi connectivity index (χ0) is 35.6. The van der Waals surface area contributed by atoms with Gasteiger partial charge in [-0.15, -0.1) is 0 Å². The maximum Gasteiger partial charge on any atom is 0.231 e. The topological polar surface area (TPSA) is 114 Å². The number of carbonyl (C=O) groups excluding carboxylic acids is 1. The van der Waals surface area contributed by atoms with Crippen LogP contribution in [0, 0.1) is 0 Å². The van der Waals surface area contributed by atoms with Crippen molar-refractivity contribution in [3.63, 3.8) is 0 Å². The first-order valence-electron chi connectivity index (χ1n) is 19.1. The van der Waals surface area contributed by atoms with E-state index in [2.05, 4.69) is 17.0 Å². The molecule has 0 aromatic heterocycles. The van der Waals surface area contributed by atoms with E-state index >= 15 is 0 Å². The van der Waals surface area contributed by atoms with Gasteiger partial charge < -0.3 is 43.0 Å². The fourth-order valence-corrected chi connectivity index (χ4v) is 10.3. The van der Waals surface area contributed by atoms with Gasteiger partial charge in [-0.05, 0) is 131 Å². The van der Waals surface area contributed by atoms with E-state index in [0.29, 0.717) is 5.76 Å². The minimum atomic E-state index is -0.712. The second kappa shape index (κ2) is 11.7. The number of aryl methyl sites for hydroxylation is 1. The number of ketones is 1. The molecule has 6 heterocycles. The molecule has 0 bridgehead atoms. The Kier molecular flexibility index (Phi) is 7.42. The van der Waals surface area contributed by atoms with Crippen LogP contribution < -0.4 is 18.9 Å². The van der Waals surface area contributed by atoms with E-state index in [0.717, 1.165) is 114 Å². The van der Waals surface area contributed by atoms with E-state index in [4.69, 9.17) is 37.9 Å². The molecular weight excluding hydrogens is 666 g/mol. The van der Waals surface area contributed by atoms with Crippen molar-refractivity contribution in [3.8, 4) is 23.0 Å². The lowest BCUT2D eigenvalue weighted by Gasteiger charge is -2.40. The van der Waals surface area contributed by atoms with Crippen LogP contribution in [0.5, 0.6) is 23.0 Å². The Hall–Kier alpha value is -3.61. The molecule has 9 aliphatic rings. The summed E-state index contributed by atoms with van der Waals surface area (Å²) in [6.45, 7) is 10.1. The molecule has 11 nitrogen and oxygen atoms in total. The molecule has 0 radical (unpaired) electrons. The quantitative estimate of drug-likeness (QED) is 0.328. The van der Waals surface area contributed by atoms with Crippen LogP contribution in [0.15, 0.2) is 35.6 Å². The Morgan fingerprint density at radius 1 is 0.654 bits per heavy atom. The molecule has 0 saturated carbocycles. The molecule has 5 atom stereocenters. The molecule has 0 unspecified atom stereocenters. The zero-order valence-electron chi connectivity index (χ0n) is 30.4. The predicted molar refractivity (Wildman–Crippen MR) is 188 cm³/mol. The van der Waals surface area contributed by atoms with Crippen molar-refractivity contribution in [1.82, 2.24) is 4.90 Å². The first kappa shape index (κ1) is 33.0. The van der Waals surface area contributed by atoms with Crippen LogP contribution in [0.1, 0.15) is 94.9 Å². The number of rotatable bonds is 0. The third kappa shape index (κ3) is 4.92. The summed E-state index contributed by atoms with van der Waals surface area (Å²) in [5.41, 5.74) is 6.97. The van der Waals surface area contributed by atoms with Crippen molar-refractivity contribution in [2.24, 2.45) is 0 Å². The van der Waals surface area contributed by atoms with Gasteiger partial charge in [-0.3, -0.25) is 9.69 Å². The Labute approximate surface area is 303 Å². The molecule has 1 spiro atoms. The van der Waals surface area contributed by atoms with Crippen LogP contribution in [-0.2, 0) is 36.6 Å². The molecule has 3 fully saturated rings. The number of carbonyl (C=O) groups is 1. The van der Waals surface area contributed by atoms with Gasteiger partial charge >= 0.3 is 0 Å². The molecule has 3 aliphatic carbocycles. The Morgan fingerprint density at radius 2 is 1.25 bits per heavy atom. The highest BCUT2D eigenvalue weighted by Crippen LogP contribution is 2.59. The summed E-state index contributed by atoms with van der Waals surface area (Å²) in [6.07, 6.45) is 8.04. The number of aliphatic hydroxyl groups excluding tert-OH is 1. The molecule has 6 aliphatic heterocycles. The number of Topliss-reactive ketones (excluding diaryl/α,β-unsaturated/α-hetero) is 1. The second-order valence-corrected chi connectivity index (χ2v) is 16.4. The van der Waals surface area contributed by atoms with Crippen LogP contribution in [0.4, 0.5) is 0 Å². The summed E-state index contributed by atoms with van der Waals surface area (Å²) in [5, 5.41) is 11.3. The molecule has 2 aromatic carbocycles. The molecule has 3 saturated heterocycles. The number of nitrogens with zero attached hydrogens (tertiary/aromatic N) is 1. The normalized spacial score (nSPS) is 33.0. The Balaban J connectivity index is 0.000000130. The smallest absolute Gasteiger partial charge is 0.231 e. The Morgan fingerprint density at radius 3 is 1.98 bits per heavy atom. The standard InChI is InChI=1S/C21H24O5.C20H23NO5/c1-21(2)25-19-13-8-6-4-3-5-7-12-9-15-16(24-11-23-15)10-14(12)17(13)18(22)20(19)26-21;1-19(2)25-17-16(22)15-12-9-14-13(23-10-24-14)8-11(12)4-7-21-6-3-5-20(15,21)18(17)26-19/h9-10,19-20H,3-8,11H2,1-2H3;8-9,17-18,22H,3-7,10H2,1-2H3/t19-,20+;17-,18-,20-/m01/s1. The van der Waals surface area contributed by atoms with E-state index in [1.54, 1.807) is 0 Å². The molecule has 276 valence electrons. The van der Waals surface area contributed by atoms with Crippen LogP contribution in [0.2, 0.25) is 0 Å². The third-order valence-electron chi connectivity index (χ3n) is 12.4. The second-order valence-electron chi connectivity index (χ2n) is 16.4. The fourth-order valence-electron chi connectivity index (χ4n) is 10.3. The summed E-state index contributed by atoms with van der Waals surface area (Å²) in [5.74, 6) is 2.04. The SMILES string of the molecule is CC1(C)O[C@@H]2C(=O)C3=C(CCCCCCc4cc5c(cc43)OCO5)[C@@H]2O1.CC1(C)O[C@@H]2C(O)=C3c4cc5c(cc4CCN4CCC[C@]34[C@@H]2O1)OCO5. The maximum atomic E-state index is 13.3. The first-order valence-corrected chi connectivity index (χ1v) is 19.1. The summed E-state index contributed by atoms with van der Waals surface area (Å²) in [7, 11) is 0. The average Bonchev–Trinajstić information content (AvgIpc) is 3.96. The molecule has 11 heteroatoms. The van der Waals surface area contributed by atoms with Crippen LogP contribution in [0.25, 0.3) is 11.1 Å². The van der Waals surface area contributed by atoms with Gasteiger partial charge in [0.15, 0.2) is 46.5 Å². The predicted octanol–water partition coefficient (Wildman–Crippen LogP) is 6.39. The Bertz CT molecular complexity index is 1930. The van der Waals surface area contributed by atoms with Gasteiger partial charge in [-0.25, -0.2) is 0 Å². The van der Waals surface area contributed by atoms with Crippen molar-refractivity contribution >= 4 is 16.9 Å². The van der Waals surface area contributed by atoms with Crippen LogP contribution in [0.3, 0.4) is 0 Å². The molecule has 52 heavy (non-hydrogen) atoms. The number of aliphatic hydroxyl groups is 1. The molecule has 1 N–H and O–H groups in total. The molecule has 11 rings (SSSR count). The first-order chi connectivity index (χ1) is 25.0. The average molecular weight is 714 g/mol. The summed E-state index contributed by atoms with van der Waals surface area (Å²) in [6, 6.07) is 8.15. The van der Waals surface area contributed by atoms with Crippen LogP contribution >= 0.6 is 0 Å². The maximum absolute atomic E-state index is 13.3. The molecular formula is C41H47NO10. The van der Waals surface area contributed by atoms with E-state index in [1.165, 1.54) is 18.4 Å². The summed E-state index contributed by atoms with van der Waals surface area (Å²) >= 11 is 0. The van der Waals surface area contributed by atoms with E-state index < -0.39 is 23.8 Å². The van der Waals surface area contributed by atoms with Gasteiger partial charge in [0, 0.05) is 17.7 Å². The summed E-state index contributed by atoms with van der Waals surface area (Å²) in [4.78, 5) is 15.8. The number of fused-ring (bicyclic) bond motifs is 9. The van der Waals surface area contributed by atoms with E-state index in [1.807, 2.05) is 39.8 Å². The van der Waals surface area contributed by atoms with Crippen LogP contribution in [-0.4, -0.2) is 84.0 Å².